The van der Waals surface area contributed by atoms with Crippen LogP contribution in [0.3, 0.4) is 0 Å². The third kappa shape index (κ3) is 4.39. The van der Waals surface area contributed by atoms with Gasteiger partial charge in [0.1, 0.15) is 5.75 Å². The molecule has 2 aromatic rings. The molecule has 2 nitrogen and oxygen atoms in total. The van der Waals surface area contributed by atoms with Crippen LogP contribution in [0.1, 0.15) is 29.5 Å². The summed E-state index contributed by atoms with van der Waals surface area (Å²) in [5.74, 6) is 0.804. The van der Waals surface area contributed by atoms with Crippen LogP contribution in [0.5, 0.6) is 5.75 Å². The van der Waals surface area contributed by atoms with Gasteiger partial charge in [-0.2, -0.15) is 0 Å². The molecule has 0 aliphatic rings. The minimum atomic E-state index is 0.0288. The highest BCUT2D eigenvalue weighted by atomic mass is 16.5. The van der Waals surface area contributed by atoms with E-state index in [2.05, 4.69) is 24.3 Å². The molecule has 106 valence electrons. The van der Waals surface area contributed by atoms with Crippen LogP contribution in [0, 0.1) is 6.92 Å². The summed E-state index contributed by atoms with van der Waals surface area (Å²) in [7, 11) is 0. The highest BCUT2D eigenvalue weighted by molar-refractivity contribution is 5.36. The molecule has 0 saturated heterocycles. The van der Waals surface area contributed by atoms with E-state index in [0.29, 0.717) is 6.61 Å². The zero-order chi connectivity index (χ0) is 14.2. The molecule has 2 rings (SSSR count). The van der Waals surface area contributed by atoms with Gasteiger partial charge >= 0.3 is 0 Å². The van der Waals surface area contributed by atoms with Crippen LogP contribution < -0.4 is 4.74 Å². The van der Waals surface area contributed by atoms with Crippen molar-refractivity contribution in [2.24, 2.45) is 0 Å². The number of aliphatic hydroxyl groups excluding tert-OH is 1. The van der Waals surface area contributed by atoms with Gasteiger partial charge in [0.25, 0.3) is 0 Å². The number of aryl methyl sites for hydroxylation is 2. The summed E-state index contributed by atoms with van der Waals surface area (Å²) >= 11 is 0. The molecule has 0 heterocycles. The third-order valence-corrected chi connectivity index (χ3v) is 3.35. The molecule has 0 saturated carbocycles. The van der Waals surface area contributed by atoms with E-state index in [1.54, 1.807) is 0 Å². The lowest BCUT2D eigenvalue weighted by Gasteiger charge is -2.10. The van der Waals surface area contributed by atoms with Crippen molar-refractivity contribution in [3.8, 4) is 5.75 Å². The van der Waals surface area contributed by atoms with Gasteiger partial charge in [-0.1, -0.05) is 48.0 Å². The molecule has 20 heavy (non-hydrogen) atoms. The molecule has 2 heteroatoms. The van der Waals surface area contributed by atoms with Crippen LogP contribution in [0.25, 0.3) is 0 Å². The Hall–Kier alpha value is -1.80. The highest BCUT2D eigenvalue weighted by Crippen LogP contribution is 2.20. The van der Waals surface area contributed by atoms with Crippen LogP contribution in [0.2, 0.25) is 0 Å². The van der Waals surface area contributed by atoms with Crippen molar-refractivity contribution in [1.82, 2.24) is 0 Å². The van der Waals surface area contributed by atoms with E-state index in [4.69, 9.17) is 4.74 Å². The second kappa shape index (κ2) is 7.71. The molecule has 0 aromatic heterocycles. The van der Waals surface area contributed by atoms with Crippen molar-refractivity contribution in [3.63, 3.8) is 0 Å². The van der Waals surface area contributed by atoms with Crippen LogP contribution >= 0.6 is 0 Å². The zero-order valence-corrected chi connectivity index (χ0v) is 12.0. The quantitative estimate of drug-likeness (QED) is 0.773. The normalized spacial score (nSPS) is 10.5. The van der Waals surface area contributed by atoms with Crippen molar-refractivity contribution in [2.75, 3.05) is 6.61 Å². The Labute approximate surface area is 121 Å². The predicted molar refractivity (Wildman–Crippen MR) is 82.0 cm³/mol. The van der Waals surface area contributed by atoms with Gasteiger partial charge in [-0.3, -0.25) is 0 Å². The fraction of sp³-hybridized carbons (Fsp3) is 0.333. The first kappa shape index (κ1) is 14.6. The van der Waals surface area contributed by atoms with E-state index < -0.39 is 0 Å². The predicted octanol–water partition coefficient (Wildman–Crippen LogP) is 3.89. The summed E-state index contributed by atoms with van der Waals surface area (Å²) < 4.78 is 5.76. The fourth-order valence-corrected chi connectivity index (χ4v) is 2.23. The van der Waals surface area contributed by atoms with Crippen molar-refractivity contribution < 1.29 is 9.84 Å². The first-order valence-corrected chi connectivity index (χ1v) is 7.16. The second-order valence-corrected chi connectivity index (χ2v) is 5.06. The van der Waals surface area contributed by atoms with Gasteiger partial charge in [-0.05, 0) is 37.8 Å². The number of benzene rings is 2. The molecule has 0 unspecified atom stereocenters. The Morgan fingerprint density at radius 1 is 1.00 bits per heavy atom. The second-order valence-electron chi connectivity index (χ2n) is 5.06. The monoisotopic (exact) mass is 270 g/mol. The number of hydrogen-bond acceptors (Lipinski definition) is 2. The first-order chi connectivity index (χ1) is 9.79. The van der Waals surface area contributed by atoms with Crippen LogP contribution in [0.4, 0.5) is 0 Å². The van der Waals surface area contributed by atoms with E-state index in [-0.39, 0.29) is 6.61 Å². The lowest BCUT2D eigenvalue weighted by molar-refractivity contribution is 0.260. The topological polar surface area (TPSA) is 29.5 Å². The lowest BCUT2D eigenvalue weighted by Crippen LogP contribution is -2.01. The SMILES string of the molecule is Cc1ccc(OCCCCc2ccccc2)c(CO)c1. The molecule has 0 atom stereocenters. The number of ether oxygens (including phenoxy) is 1. The summed E-state index contributed by atoms with van der Waals surface area (Å²) in [6.45, 7) is 2.74. The van der Waals surface area contributed by atoms with E-state index in [9.17, 15) is 5.11 Å². The maximum Gasteiger partial charge on any atom is 0.124 e. The molecular formula is C18H22O2. The number of unbranched alkanes of at least 4 members (excludes halogenated alkanes) is 1. The summed E-state index contributed by atoms with van der Waals surface area (Å²) in [4.78, 5) is 0. The van der Waals surface area contributed by atoms with Gasteiger partial charge in [0, 0.05) is 5.56 Å². The highest BCUT2D eigenvalue weighted by Gasteiger charge is 2.02. The van der Waals surface area contributed by atoms with Gasteiger partial charge in [-0.15, -0.1) is 0 Å². The van der Waals surface area contributed by atoms with E-state index in [1.165, 1.54) is 5.56 Å². The average Bonchev–Trinajstić information content (AvgIpc) is 2.49. The molecule has 2 aromatic carbocycles. The van der Waals surface area contributed by atoms with Crippen LogP contribution in [-0.2, 0) is 13.0 Å². The minimum Gasteiger partial charge on any atom is -0.493 e. The van der Waals surface area contributed by atoms with Crippen molar-refractivity contribution >= 4 is 0 Å². The number of hydrogen-bond donors (Lipinski definition) is 1. The standard InChI is InChI=1S/C18H22O2/c1-15-10-11-18(17(13-15)14-19)20-12-6-5-9-16-7-3-2-4-8-16/h2-4,7-8,10-11,13,19H,5-6,9,12,14H2,1H3. The summed E-state index contributed by atoms with van der Waals surface area (Å²) in [5.41, 5.74) is 3.39. The molecule has 1 N–H and O–H groups in total. The maximum atomic E-state index is 9.31. The van der Waals surface area contributed by atoms with E-state index >= 15 is 0 Å². The molecule has 0 bridgehead atoms. The molecule has 0 amide bonds. The Morgan fingerprint density at radius 3 is 2.55 bits per heavy atom. The van der Waals surface area contributed by atoms with Crippen LogP contribution in [0.15, 0.2) is 48.5 Å². The van der Waals surface area contributed by atoms with Gasteiger partial charge in [-0.25, -0.2) is 0 Å². The van der Waals surface area contributed by atoms with Gasteiger partial charge in [0.2, 0.25) is 0 Å². The Morgan fingerprint density at radius 2 is 1.80 bits per heavy atom. The Balaban J connectivity index is 1.73. The molecule has 0 aliphatic heterocycles. The molecule has 0 aliphatic carbocycles. The fourth-order valence-electron chi connectivity index (χ4n) is 2.23. The first-order valence-electron chi connectivity index (χ1n) is 7.16. The zero-order valence-electron chi connectivity index (χ0n) is 12.0. The Bertz CT molecular complexity index is 520. The molecule has 0 spiro atoms. The number of aliphatic hydroxyl groups is 1. The lowest BCUT2D eigenvalue weighted by atomic mass is 10.1. The third-order valence-electron chi connectivity index (χ3n) is 3.35. The summed E-state index contributed by atoms with van der Waals surface area (Å²) in [5, 5.41) is 9.31. The largest absolute Gasteiger partial charge is 0.493 e. The van der Waals surface area contributed by atoms with Gasteiger partial charge < -0.3 is 9.84 Å². The smallest absolute Gasteiger partial charge is 0.124 e. The summed E-state index contributed by atoms with van der Waals surface area (Å²) in [6.07, 6.45) is 3.23. The van der Waals surface area contributed by atoms with E-state index in [1.807, 2.05) is 31.2 Å². The van der Waals surface area contributed by atoms with Crippen LogP contribution in [-0.4, -0.2) is 11.7 Å². The molecule has 0 fully saturated rings. The summed E-state index contributed by atoms with van der Waals surface area (Å²) in [6, 6.07) is 16.4. The van der Waals surface area contributed by atoms with Crippen molar-refractivity contribution in [1.29, 1.82) is 0 Å². The van der Waals surface area contributed by atoms with E-state index in [0.717, 1.165) is 36.1 Å². The number of rotatable bonds is 7. The van der Waals surface area contributed by atoms with Crippen molar-refractivity contribution in [2.45, 2.75) is 32.8 Å². The van der Waals surface area contributed by atoms with Gasteiger partial charge in [0.05, 0.1) is 13.2 Å². The van der Waals surface area contributed by atoms with Gasteiger partial charge in [0.15, 0.2) is 0 Å². The maximum absolute atomic E-state index is 9.31. The minimum absolute atomic E-state index is 0.0288. The molecular weight excluding hydrogens is 248 g/mol. The molecule has 0 radical (unpaired) electrons. The van der Waals surface area contributed by atoms with Crippen molar-refractivity contribution in [3.05, 3.63) is 65.2 Å². The average molecular weight is 270 g/mol. The Kier molecular flexibility index (Phi) is 5.63.